The van der Waals surface area contributed by atoms with Gasteiger partial charge >= 0.3 is 0 Å². The number of hydrogen-bond donors (Lipinski definition) is 3. The summed E-state index contributed by atoms with van der Waals surface area (Å²) in [5.41, 5.74) is 12.4. The summed E-state index contributed by atoms with van der Waals surface area (Å²) in [4.78, 5) is 23.5. The van der Waals surface area contributed by atoms with E-state index in [2.05, 4.69) is 5.32 Å². The molecule has 0 bridgehead atoms. The highest BCUT2D eigenvalue weighted by Crippen LogP contribution is 2.31. The average Bonchev–Trinajstić information content (AvgIpc) is 2.44. The second-order valence-corrected chi connectivity index (χ2v) is 6.09. The van der Waals surface area contributed by atoms with Gasteiger partial charge in [0.2, 0.25) is 11.8 Å². The SMILES string of the molecule is CC1(N)CCCCC1C(=O)NCc1cccc(C(N)=O)c1. The molecule has 0 radical (unpaired) electrons. The Bertz CT molecular complexity index is 540. The second kappa shape index (κ2) is 6.26. The average molecular weight is 289 g/mol. The normalized spacial score (nSPS) is 25.3. The zero-order valence-corrected chi connectivity index (χ0v) is 12.4. The van der Waals surface area contributed by atoms with Crippen molar-refractivity contribution in [1.82, 2.24) is 5.32 Å². The molecule has 1 aromatic carbocycles. The van der Waals surface area contributed by atoms with E-state index in [9.17, 15) is 9.59 Å². The monoisotopic (exact) mass is 289 g/mol. The van der Waals surface area contributed by atoms with Gasteiger partial charge < -0.3 is 16.8 Å². The van der Waals surface area contributed by atoms with Crippen molar-refractivity contribution < 1.29 is 9.59 Å². The number of hydrogen-bond acceptors (Lipinski definition) is 3. The first kappa shape index (κ1) is 15.5. The lowest BCUT2D eigenvalue weighted by molar-refractivity contribution is -0.128. The van der Waals surface area contributed by atoms with Crippen LogP contribution in [0.1, 0.15) is 48.5 Å². The minimum absolute atomic E-state index is 0.0100. The van der Waals surface area contributed by atoms with Gasteiger partial charge in [-0.2, -0.15) is 0 Å². The predicted octanol–water partition coefficient (Wildman–Crippen LogP) is 1.31. The van der Waals surface area contributed by atoms with E-state index < -0.39 is 11.4 Å². The van der Waals surface area contributed by atoms with Crippen molar-refractivity contribution in [2.45, 2.75) is 44.7 Å². The van der Waals surface area contributed by atoms with Gasteiger partial charge in [-0.15, -0.1) is 0 Å². The Balaban J connectivity index is 1.97. The van der Waals surface area contributed by atoms with Crippen molar-refractivity contribution in [2.24, 2.45) is 17.4 Å². The molecule has 1 aliphatic carbocycles. The van der Waals surface area contributed by atoms with Gasteiger partial charge in [0, 0.05) is 17.6 Å². The molecule has 2 unspecified atom stereocenters. The van der Waals surface area contributed by atoms with Gasteiger partial charge in [-0.3, -0.25) is 9.59 Å². The van der Waals surface area contributed by atoms with Crippen molar-refractivity contribution in [1.29, 1.82) is 0 Å². The Morgan fingerprint density at radius 2 is 2.14 bits per heavy atom. The Labute approximate surface area is 125 Å². The number of primary amides is 1. The molecular weight excluding hydrogens is 266 g/mol. The number of rotatable bonds is 4. The molecule has 5 nitrogen and oxygen atoms in total. The topological polar surface area (TPSA) is 98.2 Å². The molecule has 0 heterocycles. The summed E-state index contributed by atoms with van der Waals surface area (Å²) >= 11 is 0. The number of carbonyl (C=O) groups is 2. The van der Waals surface area contributed by atoms with Crippen LogP contribution in [0.2, 0.25) is 0 Å². The van der Waals surface area contributed by atoms with E-state index in [0.29, 0.717) is 12.1 Å². The Hall–Kier alpha value is -1.88. The highest BCUT2D eigenvalue weighted by Gasteiger charge is 2.37. The molecule has 5 N–H and O–H groups in total. The molecule has 1 aromatic rings. The van der Waals surface area contributed by atoms with E-state index >= 15 is 0 Å². The summed E-state index contributed by atoms with van der Waals surface area (Å²) in [7, 11) is 0. The third-order valence-electron chi connectivity index (χ3n) is 4.25. The molecule has 0 aliphatic heterocycles. The largest absolute Gasteiger partial charge is 0.366 e. The molecule has 114 valence electrons. The summed E-state index contributed by atoms with van der Waals surface area (Å²) in [6.07, 6.45) is 3.84. The first-order valence-electron chi connectivity index (χ1n) is 7.35. The van der Waals surface area contributed by atoms with Crippen molar-refractivity contribution in [3.8, 4) is 0 Å². The molecule has 2 amide bonds. The van der Waals surface area contributed by atoms with Crippen LogP contribution in [0.15, 0.2) is 24.3 Å². The van der Waals surface area contributed by atoms with Gasteiger partial charge in [0.15, 0.2) is 0 Å². The van der Waals surface area contributed by atoms with Crippen LogP contribution >= 0.6 is 0 Å². The van der Waals surface area contributed by atoms with Crippen molar-refractivity contribution >= 4 is 11.8 Å². The minimum Gasteiger partial charge on any atom is -0.366 e. The van der Waals surface area contributed by atoms with Crippen LogP contribution in [0.25, 0.3) is 0 Å². The molecule has 21 heavy (non-hydrogen) atoms. The van der Waals surface area contributed by atoms with Crippen LogP contribution < -0.4 is 16.8 Å². The van der Waals surface area contributed by atoms with Gasteiger partial charge in [-0.25, -0.2) is 0 Å². The van der Waals surface area contributed by atoms with Crippen molar-refractivity contribution in [3.63, 3.8) is 0 Å². The number of benzene rings is 1. The Morgan fingerprint density at radius 3 is 2.81 bits per heavy atom. The quantitative estimate of drug-likeness (QED) is 0.779. The minimum atomic E-state index is -0.468. The maximum atomic E-state index is 12.3. The predicted molar refractivity (Wildman–Crippen MR) is 81.4 cm³/mol. The third-order valence-corrected chi connectivity index (χ3v) is 4.25. The smallest absolute Gasteiger partial charge is 0.248 e. The molecule has 0 spiro atoms. The van der Waals surface area contributed by atoms with Crippen LogP contribution in [-0.4, -0.2) is 17.4 Å². The van der Waals surface area contributed by atoms with E-state index in [1.807, 2.05) is 13.0 Å². The lowest BCUT2D eigenvalue weighted by Crippen LogP contribution is -2.52. The summed E-state index contributed by atoms with van der Waals surface area (Å²) in [6, 6.07) is 6.97. The molecular formula is C16H23N3O2. The second-order valence-electron chi connectivity index (χ2n) is 6.09. The molecule has 0 aromatic heterocycles. The van der Waals surface area contributed by atoms with Crippen LogP contribution in [0.3, 0.4) is 0 Å². The van der Waals surface area contributed by atoms with E-state index in [4.69, 9.17) is 11.5 Å². The summed E-state index contributed by atoms with van der Waals surface area (Å²) < 4.78 is 0. The standard InChI is InChI=1S/C16H23N3O2/c1-16(18)8-3-2-7-13(16)15(21)19-10-11-5-4-6-12(9-11)14(17)20/h4-6,9,13H,2-3,7-8,10,18H2,1H3,(H2,17,20)(H,19,21). The Morgan fingerprint density at radius 1 is 1.38 bits per heavy atom. The van der Waals surface area contributed by atoms with Gasteiger partial charge in [0.25, 0.3) is 0 Å². The molecule has 1 fully saturated rings. The molecule has 2 atom stereocenters. The van der Waals surface area contributed by atoms with Crippen LogP contribution in [0, 0.1) is 5.92 Å². The lowest BCUT2D eigenvalue weighted by Gasteiger charge is -2.37. The number of amides is 2. The maximum Gasteiger partial charge on any atom is 0.248 e. The highest BCUT2D eigenvalue weighted by molar-refractivity contribution is 5.92. The van der Waals surface area contributed by atoms with Crippen LogP contribution in [0.4, 0.5) is 0 Å². The molecule has 1 saturated carbocycles. The zero-order chi connectivity index (χ0) is 15.5. The summed E-state index contributed by atoms with van der Waals surface area (Å²) in [5, 5.41) is 2.92. The number of carbonyl (C=O) groups excluding carboxylic acids is 2. The fourth-order valence-corrected chi connectivity index (χ4v) is 2.94. The Kier molecular flexibility index (Phi) is 4.63. The third kappa shape index (κ3) is 3.82. The highest BCUT2D eigenvalue weighted by atomic mass is 16.2. The maximum absolute atomic E-state index is 12.3. The van der Waals surface area contributed by atoms with Gasteiger partial charge in [-0.1, -0.05) is 25.0 Å². The molecule has 1 aliphatic rings. The summed E-state index contributed by atoms with van der Waals surface area (Å²) in [6.45, 7) is 2.33. The summed E-state index contributed by atoms with van der Waals surface area (Å²) in [5.74, 6) is -0.625. The van der Waals surface area contributed by atoms with E-state index in [1.165, 1.54) is 0 Å². The van der Waals surface area contributed by atoms with Gasteiger partial charge in [-0.05, 0) is 37.5 Å². The fraction of sp³-hybridized carbons (Fsp3) is 0.500. The van der Waals surface area contributed by atoms with Gasteiger partial charge in [0.1, 0.15) is 0 Å². The number of nitrogens with two attached hydrogens (primary N) is 2. The van der Waals surface area contributed by atoms with Crippen molar-refractivity contribution in [2.75, 3.05) is 0 Å². The van der Waals surface area contributed by atoms with Crippen molar-refractivity contribution in [3.05, 3.63) is 35.4 Å². The lowest BCUT2D eigenvalue weighted by atomic mass is 9.74. The van der Waals surface area contributed by atoms with Crippen LogP contribution in [-0.2, 0) is 11.3 Å². The fourth-order valence-electron chi connectivity index (χ4n) is 2.94. The zero-order valence-electron chi connectivity index (χ0n) is 12.4. The molecule has 0 saturated heterocycles. The van der Waals surface area contributed by atoms with E-state index in [1.54, 1.807) is 18.2 Å². The molecule has 2 rings (SSSR count). The first-order valence-corrected chi connectivity index (χ1v) is 7.35. The number of nitrogens with one attached hydrogen (secondary N) is 1. The van der Waals surface area contributed by atoms with E-state index in [0.717, 1.165) is 31.2 Å². The first-order chi connectivity index (χ1) is 9.90. The van der Waals surface area contributed by atoms with E-state index in [-0.39, 0.29) is 11.8 Å². The van der Waals surface area contributed by atoms with Gasteiger partial charge in [0.05, 0.1) is 5.92 Å². The van der Waals surface area contributed by atoms with Crippen LogP contribution in [0.5, 0.6) is 0 Å². The molecule has 5 heteroatoms.